The largest absolute Gasteiger partial charge is 0.558 e. The molecule has 2 nitrogen and oxygen atoms in total. The minimum Gasteiger partial charge on any atom is -0.558 e. The van der Waals surface area contributed by atoms with Gasteiger partial charge in [-0.05, 0) is 29.2 Å². The molecule has 4 heteroatoms. The smallest absolute Gasteiger partial charge is 0.374 e. The predicted octanol–water partition coefficient (Wildman–Crippen LogP) is 1.72. The maximum Gasteiger partial charge on any atom is 0.374 e. The summed E-state index contributed by atoms with van der Waals surface area (Å²) in [6.07, 6.45) is 0. The van der Waals surface area contributed by atoms with Crippen molar-refractivity contribution in [3.63, 3.8) is 0 Å². The van der Waals surface area contributed by atoms with Crippen molar-refractivity contribution in [1.29, 1.82) is 0 Å². The van der Waals surface area contributed by atoms with Crippen LogP contribution in [0.3, 0.4) is 0 Å². The molecular formula is C18H15B2NO. The number of nitrogens with one attached hydrogen (secondary N) is 1. The van der Waals surface area contributed by atoms with E-state index in [1.54, 1.807) is 0 Å². The van der Waals surface area contributed by atoms with Crippen molar-refractivity contribution in [1.82, 2.24) is 0 Å². The zero-order valence-corrected chi connectivity index (χ0v) is 12.5. The van der Waals surface area contributed by atoms with Crippen molar-refractivity contribution in [3.8, 4) is 16.9 Å². The second kappa shape index (κ2) is 5.30. The molecule has 0 bridgehead atoms. The summed E-state index contributed by atoms with van der Waals surface area (Å²) in [5.74, 6) is 0.895. The van der Waals surface area contributed by atoms with Crippen molar-refractivity contribution >= 4 is 37.6 Å². The summed E-state index contributed by atoms with van der Waals surface area (Å²) in [5.41, 5.74) is 6.93. The molecule has 0 aliphatic carbocycles. The number of para-hydroxylation sites is 1. The molecule has 1 aliphatic heterocycles. The Balaban J connectivity index is 1.94. The van der Waals surface area contributed by atoms with Gasteiger partial charge in [0.25, 0.3) is 0 Å². The quantitative estimate of drug-likeness (QED) is 0.634. The summed E-state index contributed by atoms with van der Waals surface area (Å²) in [6, 6.07) is 23.1. The van der Waals surface area contributed by atoms with Crippen molar-refractivity contribution in [3.05, 3.63) is 66.7 Å². The first-order chi connectivity index (χ1) is 10.8. The Bertz CT molecular complexity index is 848. The number of fused-ring (bicyclic) bond motifs is 4. The third kappa shape index (κ3) is 2.27. The molecule has 0 aromatic heterocycles. The van der Waals surface area contributed by atoms with Gasteiger partial charge in [0.2, 0.25) is 0 Å². The lowest BCUT2D eigenvalue weighted by molar-refractivity contribution is 0.608. The van der Waals surface area contributed by atoms with Gasteiger partial charge in [0.05, 0.1) is 5.69 Å². The highest BCUT2D eigenvalue weighted by Gasteiger charge is 2.16. The average Bonchev–Trinajstić information content (AvgIpc) is 2.61. The highest BCUT2D eigenvalue weighted by atomic mass is 16.4. The van der Waals surface area contributed by atoms with Crippen LogP contribution >= 0.6 is 0 Å². The Hall–Kier alpha value is -2.61. The number of hydrogen-bond donors (Lipinski definition) is 1. The van der Waals surface area contributed by atoms with E-state index in [9.17, 15) is 0 Å². The number of hydrogen-bond acceptors (Lipinski definition) is 2. The fourth-order valence-electron chi connectivity index (χ4n) is 2.89. The molecule has 0 radical (unpaired) electrons. The van der Waals surface area contributed by atoms with E-state index in [2.05, 4.69) is 79.9 Å². The van der Waals surface area contributed by atoms with Gasteiger partial charge in [-0.3, -0.25) is 0 Å². The first-order valence-corrected chi connectivity index (χ1v) is 7.49. The highest BCUT2D eigenvalue weighted by Crippen LogP contribution is 2.33. The Labute approximate surface area is 131 Å². The zero-order chi connectivity index (χ0) is 14.9. The third-order valence-electron chi connectivity index (χ3n) is 4.02. The summed E-state index contributed by atoms with van der Waals surface area (Å²) >= 11 is 0. The van der Waals surface area contributed by atoms with E-state index in [4.69, 9.17) is 4.65 Å². The van der Waals surface area contributed by atoms with Crippen LogP contribution in [0, 0.1) is 0 Å². The molecule has 0 saturated carbocycles. The SMILES string of the molecule is Bc1ccc2c(c1)OBc1ccccc1-c1ccccc1N2. The molecule has 0 fully saturated rings. The van der Waals surface area contributed by atoms with Gasteiger partial charge in [-0.1, -0.05) is 54.0 Å². The van der Waals surface area contributed by atoms with E-state index in [0.717, 1.165) is 17.1 Å². The maximum atomic E-state index is 6.08. The highest BCUT2D eigenvalue weighted by molar-refractivity contribution is 6.50. The third-order valence-corrected chi connectivity index (χ3v) is 4.02. The van der Waals surface area contributed by atoms with Crippen LogP contribution in [0.4, 0.5) is 11.4 Å². The topological polar surface area (TPSA) is 21.3 Å². The van der Waals surface area contributed by atoms with Crippen molar-refractivity contribution in [2.75, 3.05) is 5.32 Å². The molecule has 4 rings (SSSR count). The summed E-state index contributed by atoms with van der Waals surface area (Å²) in [6.45, 7) is 0. The predicted molar refractivity (Wildman–Crippen MR) is 97.2 cm³/mol. The second-order valence-electron chi connectivity index (χ2n) is 5.62. The Morgan fingerprint density at radius 2 is 1.59 bits per heavy atom. The zero-order valence-electron chi connectivity index (χ0n) is 12.5. The molecule has 104 valence electrons. The molecule has 1 aliphatic rings. The van der Waals surface area contributed by atoms with Crippen LogP contribution in [0.1, 0.15) is 0 Å². The van der Waals surface area contributed by atoms with Gasteiger partial charge >= 0.3 is 7.48 Å². The van der Waals surface area contributed by atoms with Crippen LogP contribution in [-0.4, -0.2) is 15.3 Å². The molecule has 22 heavy (non-hydrogen) atoms. The van der Waals surface area contributed by atoms with Crippen LogP contribution < -0.4 is 20.9 Å². The van der Waals surface area contributed by atoms with E-state index in [1.807, 2.05) is 0 Å². The van der Waals surface area contributed by atoms with Gasteiger partial charge in [-0.2, -0.15) is 0 Å². The van der Waals surface area contributed by atoms with E-state index in [-0.39, 0.29) is 0 Å². The Kier molecular flexibility index (Phi) is 3.15. The summed E-state index contributed by atoms with van der Waals surface area (Å²) in [5, 5.41) is 3.53. The lowest BCUT2D eigenvalue weighted by atomic mass is 9.81. The van der Waals surface area contributed by atoms with Gasteiger partial charge in [0.1, 0.15) is 13.6 Å². The van der Waals surface area contributed by atoms with E-state index in [0.29, 0.717) is 7.48 Å². The van der Waals surface area contributed by atoms with Gasteiger partial charge in [-0.15, -0.1) is 0 Å². The number of rotatable bonds is 0. The Morgan fingerprint density at radius 1 is 0.818 bits per heavy atom. The average molecular weight is 283 g/mol. The number of benzene rings is 3. The minimum absolute atomic E-state index is 0.572. The lowest BCUT2D eigenvalue weighted by Gasteiger charge is -2.14. The molecule has 3 aromatic rings. The molecular weight excluding hydrogens is 268 g/mol. The fourth-order valence-corrected chi connectivity index (χ4v) is 2.89. The van der Waals surface area contributed by atoms with Gasteiger partial charge in [-0.25, -0.2) is 0 Å². The molecule has 0 unspecified atom stereocenters. The first kappa shape index (κ1) is 13.1. The molecule has 0 spiro atoms. The van der Waals surface area contributed by atoms with Crippen molar-refractivity contribution in [2.45, 2.75) is 0 Å². The first-order valence-electron chi connectivity index (χ1n) is 7.49. The standard InChI is InChI=1S/C18H15B2NO/c19-12-9-10-17-18(11-12)22-20-15-7-3-1-5-13(15)14-6-2-4-8-16(14)21-17/h1-11,20-21H,19H2. The fraction of sp³-hybridized carbons (Fsp3) is 0. The molecule has 0 atom stereocenters. The second-order valence-corrected chi connectivity index (χ2v) is 5.62. The molecule has 0 saturated heterocycles. The summed E-state index contributed by atoms with van der Waals surface area (Å²) in [4.78, 5) is 0. The monoisotopic (exact) mass is 283 g/mol. The van der Waals surface area contributed by atoms with E-state index >= 15 is 0 Å². The van der Waals surface area contributed by atoms with Crippen LogP contribution in [0.2, 0.25) is 0 Å². The van der Waals surface area contributed by atoms with Crippen molar-refractivity contribution in [2.24, 2.45) is 0 Å². The van der Waals surface area contributed by atoms with Gasteiger partial charge in [0.15, 0.2) is 0 Å². The summed E-state index contributed by atoms with van der Waals surface area (Å²) in [7, 11) is 2.65. The minimum atomic E-state index is 0.572. The normalized spacial score (nSPS) is 12.0. The van der Waals surface area contributed by atoms with E-state index in [1.165, 1.54) is 22.1 Å². The lowest BCUT2D eigenvalue weighted by Crippen LogP contribution is -2.22. The van der Waals surface area contributed by atoms with Gasteiger partial charge < -0.3 is 9.97 Å². The maximum absolute atomic E-state index is 6.08. The van der Waals surface area contributed by atoms with Crippen molar-refractivity contribution < 1.29 is 4.65 Å². The molecule has 1 N–H and O–H groups in total. The van der Waals surface area contributed by atoms with Gasteiger partial charge in [0, 0.05) is 11.3 Å². The number of anilines is 2. The van der Waals surface area contributed by atoms with Crippen LogP contribution in [0.15, 0.2) is 66.7 Å². The van der Waals surface area contributed by atoms with E-state index < -0.39 is 0 Å². The van der Waals surface area contributed by atoms with Crippen LogP contribution in [-0.2, 0) is 0 Å². The molecule has 3 aromatic carbocycles. The van der Waals surface area contributed by atoms with Crippen LogP contribution in [0.5, 0.6) is 5.75 Å². The molecule has 0 amide bonds. The summed E-state index contributed by atoms with van der Waals surface area (Å²) < 4.78 is 6.08. The molecule has 1 heterocycles. The Morgan fingerprint density at radius 3 is 2.50 bits per heavy atom. The van der Waals surface area contributed by atoms with Crippen LogP contribution in [0.25, 0.3) is 11.1 Å².